The van der Waals surface area contributed by atoms with Crippen LogP contribution < -0.4 is 5.32 Å². The molecular weight excluding hydrogens is 248 g/mol. The van der Waals surface area contributed by atoms with Gasteiger partial charge in [0, 0.05) is 18.9 Å². The molecule has 0 spiro atoms. The molecule has 2 rings (SSSR count). The zero-order chi connectivity index (χ0) is 13.8. The van der Waals surface area contributed by atoms with Crippen LogP contribution in [-0.2, 0) is 6.54 Å². The number of hydrogen-bond donors (Lipinski definition) is 1. The molecule has 1 aromatic heterocycles. The normalized spacial score (nSPS) is 10.7. The number of aryl methyl sites for hydroxylation is 2. The molecule has 0 aliphatic heterocycles. The van der Waals surface area contributed by atoms with Gasteiger partial charge in [-0.1, -0.05) is 19.4 Å². The second kappa shape index (κ2) is 5.82. The molecule has 0 atom stereocenters. The fraction of sp³-hybridized carbons (Fsp3) is 0.357. The number of halogens is 2. The average Bonchev–Trinajstić information content (AvgIpc) is 2.84. The summed E-state index contributed by atoms with van der Waals surface area (Å²) >= 11 is 0. The number of benzene rings is 1. The van der Waals surface area contributed by atoms with Crippen LogP contribution in [0.15, 0.2) is 24.5 Å². The van der Waals surface area contributed by atoms with Crippen molar-refractivity contribution in [3.05, 3.63) is 41.7 Å². The van der Waals surface area contributed by atoms with Crippen LogP contribution in [0.3, 0.4) is 0 Å². The number of anilines is 2. The van der Waals surface area contributed by atoms with Crippen molar-refractivity contribution < 1.29 is 8.78 Å². The highest BCUT2D eigenvalue weighted by Crippen LogP contribution is 2.24. The van der Waals surface area contributed by atoms with E-state index < -0.39 is 11.6 Å². The van der Waals surface area contributed by atoms with Crippen molar-refractivity contribution in [2.45, 2.75) is 33.2 Å². The minimum absolute atomic E-state index is 0.149. The largest absolute Gasteiger partial charge is 0.321 e. The first-order chi connectivity index (χ1) is 9.13. The lowest BCUT2D eigenvalue weighted by atomic mass is 10.2. The van der Waals surface area contributed by atoms with E-state index in [1.807, 2.05) is 4.57 Å². The summed E-state index contributed by atoms with van der Waals surface area (Å²) < 4.78 is 29.4. The number of nitrogens with zero attached hydrogens (tertiary/aromatic N) is 2. The van der Waals surface area contributed by atoms with Gasteiger partial charge in [-0.3, -0.25) is 0 Å². The molecule has 1 aromatic carbocycles. The lowest BCUT2D eigenvalue weighted by Gasteiger charge is -2.11. The van der Waals surface area contributed by atoms with Gasteiger partial charge in [0.15, 0.2) is 5.82 Å². The van der Waals surface area contributed by atoms with Gasteiger partial charge in [-0.05, 0) is 25.0 Å². The van der Waals surface area contributed by atoms with Crippen LogP contribution in [0, 0.1) is 18.6 Å². The number of hydrogen-bond acceptors (Lipinski definition) is 2. The van der Waals surface area contributed by atoms with Crippen LogP contribution >= 0.6 is 0 Å². The van der Waals surface area contributed by atoms with Crippen LogP contribution in [0.2, 0.25) is 0 Å². The molecule has 0 unspecified atom stereocenters. The summed E-state index contributed by atoms with van der Waals surface area (Å²) in [6, 6.07) is 2.67. The quantitative estimate of drug-likeness (QED) is 0.885. The fourth-order valence-electron chi connectivity index (χ4n) is 1.83. The second-order valence-corrected chi connectivity index (χ2v) is 4.48. The van der Waals surface area contributed by atoms with E-state index in [0.717, 1.165) is 19.4 Å². The SMILES string of the molecule is CCCCn1ccnc1Nc1c(F)ccc(C)c1F. The third-order valence-corrected chi connectivity index (χ3v) is 2.99. The maximum atomic E-state index is 13.9. The first kappa shape index (κ1) is 13.5. The Balaban J connectivity index is 2.27. The molecule has 0 saturated carbocycles. The van der Waals surface area contributed by atoms with Gasteiger partial charge in [0.05, 0.1) is 0 Å². The zero-order valence-electron chi connectivity index (χ0n) is 11.1. The number of imidazole rings is 1. The predicted octanol–water partition coefficient (Wildman–Crippen LogP) is 4.01. The average molecular weight is 265 g/mol. The Labute approximate surface area is 111 Å². The van der Waals surface area contributed by atoms with E-state index in [2.05, 4.69) is 17.2 Å². The highest BCUT2D eigenvalue weighted by molar-refractivity contribution is 5.57. The minimum atomic E-state index is -0.617. The molecule has 1 N–H and O–H groups in total. The number of rotatable bonds is 5. The summed E-state index contributed by atoms with van der Waals surface area (Å²) in [5, 5.41) is 2.74. The first-order valence-corrected chi connectivity index (χ1v) is 6.36. The highest BCUT2D eigenvalue weighted by Gasteiger charge is 2.13. The molecule has 0 saturated heterocycles. The van der Waals surface area contributed by atoms with E-state index in [9.17, 15) is 8.78 Å². The van der Waals surface area contributed by atoms with Gasteiger partial charge in [0.1, 0.15) is 11.5 Å². The lowest BCUT2D eigenvalue weighted by Crippen LogP contribution is -2.06. The Morgan fingerprint density at radius 3 is 2.84 bits per heavy atom. The molecule has 0 aliphatic rings. The molecule has 0 amide bonds. The van der Waals surface area contributed by atoms with Crippen molar-refractivity contribution in [1.29, 1.82) is 0 Å². The molecule has 2 aromatic rings. The van der Waals surface area contributed by atoms with E-state index in [1.54, 1.807) is 19.3 Å². The van der Waals surface area contributed by atoms with Crippen LogP contribution in [0.4, 0.5) is 20.4 Å². The van der Waals surface area contributed by atoms with E-state index in [0.29, 0.717) is 11.5 Å². The topological polar surface area (TPSA) is 29.9 Å². The van der Waals surface area contributed by atoms with Crippen molar-refractivity contribution in [2.75, 3.05) is 5.32 Å². The van der Waals surface area contributed by atoms with Crippen LogP contribution in [0.5, 0.6) is 0 Å². The second-order valence-electron chi connectivity index (χ2n) is 4.48. The monoisotopic (exact) mass is 265 g/mol. The Morgan fingerprint density at radius 2 is 2.11 bits per heavy atom. The molecule has 5 heteroatoms. The Hall–Kier alpha value is -1.91. The third kappa shape index (κ3) is 2.92. The van der Waals surface area contributed by atoms with Crippen LogP contribution in [0.25, 0.3) is 0 Å². The van der Waals surface area contributed by atoms with Gasteiger partial charge in [-0.2, -0.15) is 0 Å². The summed E-state index contributed by atoms with van der Waals surface area (Å²) in [4.78, 5) is 4.09. The summed E-state index contributed by atoms with van der Waals surface area (Å²) in [5.74, 6) is -0.741. The standard InChI is InChI=1S/C14H17F2N3/c1-3-4-8-19-9-7-17-14(19)18-13-11(15)6-5-10(2)12(13)16/h5-7,9H,3-4,8H2,1-2H3,(H,17,18). The maximum Gasteiger partial charge on any atom is 0.207 e. The number of nitrogens with one attached hydrogen (secondary N) is 1. The van der Waals surface area contributed by atoms with Crippen molar-refractivity contribution in [1.82, 2.24) is 9.55 Å². The Morgan fingerprint density at radius 1 is 1.32 bits per heavy atom. The lowest BCUT2D eigenvalue weighted by molar-refractivity contribution is 0.582. The molecule has 102 valence electrons. The van der Waals surface area contributed by atoms with E-state index in [-0.39, 0.29) is 5.69 Å². The van der Waals surface area contributed by atoms with Gasteiger partial charge in [0.25, 0.3) is 0 Å². The molecule has 3 nitrogen and oxygen atoms in total. The molecule has 0 fully saturated rings. The molecular formula is C14H17F2N3. The maximum absolute atomic E-state index is 13.9. The van der Waals surface area contributed by atoms with Crippen molar-refractivity contribution in [2.24, 2.45) is 0 Å². The van der Waals surface area contributed by atoms with E-state index in [1.165, 1.54) is 12.1 Å². The molecule has 0 radical (unpaired) electrons. The van der Waals surface area contributed by atoms with Crippen molar-refractivity contribution in [3.63, 3.8) is 0 Å². The highest BCUT2D eigenvalue weighted by atomic mass is 19.1. The van der Waals surface area contributed by atoms with E-state index in [4.69, 9.17) is 0 Å². The molecule has 19 heavy (non-hydrogen) atoms. The van der Waals surface area contributed by atoms with Crippen LogP contribution in [0.1, 0.15) is 25.3 Å². The van der Waals surface area contributed by atoms with E-state index >= 15 is 0 Å². The van der Waals surface area contributed by atoms with Gasteiger partial charge in [0.2, 0.25) is 5.95 Å². The van der Waals surface area contributed by atoms with Crippen LogP contribution in [-0.4, -0.2) is 9.55 Å². The third-order valence-electron chi connectivity index (χ3n) is 2.99. The van der Waals surface area contributed by atoms with Gasteiger partial charge < -0.3 is 9.88 Å². The van der Waals surface area contributed by atoms with Crippen molar-refractivity contribution in [3.8, 4) is 0 Å². The molecule has 1 heterocycles. The number of unbranched alkanes of at least 4 members (excludes halogenated alkanes) is 1. The molecule has 0 aliphatic carbocycles. The summed E-state index contributed by atoms with van der Waals surface area (Å²) in [6.07, 6.45) is 5.45. The van der Waals surface area contributed by atoms with Gasteiger partial charge in [-0.25, -0.2) is 13.8 Å². The van der Waals surface area contributed by atoms with Gasteiger partial charge >= 0.3 is 0 Å². The fourth-order valence-corrected chi connectivity index (χ4v) is 1.83. The minimum Gasteiger partial charge on any atom is -0.321 e. The zero-order valence-corrected chi connectivity index (χ0v) is 11.1. The summed E-state index contributed by atoms with van der Waals surface area (Å²) in [6.45, 7) is 4.46. The first-order valence-electron chi connectivity index (χ1n) is 6.36. The predicted molar refractivity (Wildman–Crippen MR) is 71.5 cm³/mol. The smallest absolute Gasteiger partial charge is 0.207 e. The Bertz CT molecular complexity index is 564. The molecule has 0 bridgehead atoms. The Kier molecular flexibility index (Phi) is 4.14. The van der Waals surface area contributed by atoms with Gasteiger partial charge in [-0.15, -0.1) is 0 Å². The number of aromatic nitrogens is 2. The summed E-state index contributed by atoms with van der Waals surface area (Å²) in [7, 11) is 0. The summed E-state index contributed by atoms with van der Waals surface area (Å²) in [5.41, 5.74) is 0.250. The van der Waals surface area contributed by atoms with Crippen molar-refractivity contribution >= 4 is 11.6 Å².